The van der Waals surface area contributed by atoms with Gasteiger partial charge in [0.15, 0.2) is 5.82 Å². The van der Waals surface area contributed by atoms with E-state index in [2.05, 4.69) is 15.6 Å². The molecule has 1 aromatic heterocycles. The first-order valence-electron chi connectivity index (χ1n) is 6.88. The van der Waals surface area contributed by atoms with E-state index in [1.165, 1.54) is 12.3 Å². The fraction of sp³-hybridized carbons (Fsp3) is 0.400. The second kappa shape index (κ2) is 6.15. The Kier molecular flexibility index (Phi) is 4.46. The SMILES string of the molecule is CC(C)(C)OC(=O)C=Cc1cnc2c(c1)NCC(O)C(=O)N2. The second-order valence-electron chi connectivity index (χ2n) is 5.92. The first kappa shape index (κ1) is 16.0. The number of β-amino-alcohol motifs (C(OH)–C–C–N with tert-alkyl or cyclic N) is 1. The zero-order chi connectivity index (χ0) is 16.3. The van der Waals surface area contributed by atoms with Gasteiger partial charge in [-0.25, -0.2) is 9.78 Å². The van der Waals surface area contributed by atoms with Crippen molar-refractivity contribution in [3.05, 3.63) is 23.9 Å². The van der Waals surface area contributed by atoms with Gasteiger partial charge >= 0.3 is 5.97 Å². The largest absolute Gasteiger partial charge is 0.457 e. The van der Waals surface area contributed by atoms with Crippen molar-refractivity contribution in [2.24, 2.45) is 0 Å². The summed E-state index contributed by atoms with van der Waals surface area (Å²) in [5.74, 6) is -0.606. The smallest absolute Gasteiger partial charge is 0.331 e. The molecule has 1 aliphatic rings. The van der Waals surface area contributed by atoms with Gasteiger partial charge in [0.1, 0.15) is 11.7 Å². The number of aromatic nitrogens is 1. The molecule has 0 aromatic carbocycles. The van der Waals surface area contributed by atoms with E-state index >= 15 is 0 Å². The monoisotopic (exact) mass is 305 g/mol. The Hall–Kier alpha value is -2.41. The molecule has 1 aromatic rings. The molecule has 7 nitrogen and oxygen atoms in total. The summed E-state index contributed by atoms with van der Waals surface area (Å²) in [6.07, 6.45) is 3.28. The number of amides is 1. The number of hydrogen-bond donors (Lipinski definition) is 3. The Bertz CT molecular complexity index is 620. The lowest BCUT2D eigenvalue weighted by Gasteiger charge is -2.17. The zero-order valence-electron chi connectivity index (χ0n) is 12.7. The number of carbonyl (C=O) groups is 2. The number of carbonyl (C=O) groups excluding carboxylic acids is 2. The summed E-state index contributed by atoms with van der Waals surface area (Å²) in [7, 11) is 0. The molecule has 0 spiro atoms. The molecular weight excluding hydrogens is 286 g/mol. The van der Waals surface area contributed by atoms with E-state index < -0.39 is 23.6 Å². The van der Waals surface area contributed by atoms with E-state index in [-0.39, 0.29) is 6.54 Å². The van der Waals surface area contributed by atoms with Crippen LogP contribution in [0.2, 0.25) is 0 Å². The van der Waals surface area contributed by atoms with Gasteiger partial charge in [-0.05, 0) is 38.5 Å². The summed E-state index contributed by atoms with van der Waals surface area (Å²) in [6.45, 7) is 5.47. The summed E-state index contributed by atoms with van der Waals surface area (Å²) >= 11 is 0. The summed E-state index contributed by atoms with van der Waals surface area (Å²) in [6, 6.07) is 1.72. The Balaban J connectivity index is 2.12. The third-order valence-corrected chi connectivity index (χ3v) is 2.76. The molecule has 0 aliphatic carbocycles. The van der Waals surface area contributed by atoms with Crippen molar-refractivity contribution >= 4 is 29.5 Å². The van der Waals surface area contributed by atoms with Crippen molar-refractivity contribution in [1.82, 2.24) is 4.98 Å². The lowest BCUT2D eigenvalue weighted by atomic mass is 10.2. The van der Waals surface area contributed by atoms with Crippen molar-refractivity contribution in [2.45, 2.75) is 32.5 Å². The fourth-order valence-corrected chi connectivity index (χ4v) is 1.81. The molecule has 118 valence electrons. The van der Waals surface area contributed by atoms with Crippen LogP contribution < -0.4 is 10.6 Å². The van der Waals surface area contributed by atoms with Crippen LogP contribution in [-0.4, -0.2) is 40.2 Å². The van der Waals surface area contributed by atoms with Crippen molar-refractivity contribution in [2.75, 3.05) is 17.2 Å². The molecule has 22 heavy (non-hydrogen) atoms. The molecule has 2 heterocycles. The molecule has 0 fully saturated rings. The average molecular weight is 305 g/mol. The number of ether oxygens (including phenoxy) is 1. The summed E-state index contributed by atoms with van der Waals surface area (Å²) in [4.78, 5) is 27.2. The highest BCUT2D eigenvalue weighted by Crippen LogP contribution is 2.23. The van der Waals surface area contributed by atoms with Crippen LogP contribution in [-0.2, 0) is 14.3 Å². The highest BCUT2D eigenvalue weighted by Gasteiger charge is 2.21. The summed E-state index contributed by atoms with van der Waals surface area (Å²) in [5.41, 5.74) is 0.703. The molecule has 0 saturated heterocycles. The molecule has 1 aliphatic heterocycles. The highest BCUT2D eigenvalue weighted by atomic mass is 16.6. The van der Waals surface area contributed by atoms with Crippen LogP contribution in [0.4, 0.5) is 11.5 Å². The number of esters is 1. The summed E-state index contributed by atoms with van der Waals surface area (Å²) < 4.78 is 5.17. The van der Waals surface area contributed by atoms with E-state index in [0.29, 0.717) is 17.1 Å². The van der Waals surface area contributed by atoms with E-state index in [9.17, 15) is 14.7 Å². The normalized spacial score (nSPS) is 18.2. The quantitative estimate of drug-likeness (QED) is 0.560. The van der Waals surface area contributed by atoms with Crippen LogP contribution in [0, 0.1) is 0 Å². The van der Waals surface area contributed by atoms with Gasteiger partial charge in [0.05, 0.1) is 5.69 Å². The summed E-state index contributed by atoms with van der Waals surface area (Å²) in [5, 5.41) is 14.9. The van der Waals surface area contributed by atoms with Gasteiger partial charge in [-0.2, -0.15) is 0 Å². The van der Waals surface area contributed by atoms with Crippen molar-refractivity contribution in [3.8, 4) is 0 Å². The number of hydrogen-bond acceptors (Lipinski definition) is 6. The third-order valence-electron chi connectivity index (χ3n) is 2.76. The van der Waals surface area contributed by atoms with Crippen molar-refractivity contribution in [3.63, 3.8) is 0 Å². The lowest BCUT2D eigenvalue weighted by molar-refractivity contribution is -0.148. The molecular formula is C15H19N3O4. The number of nitrogens with zero attached hydrogens (tertiary/aromatic N) is 1. The van der Waals surface area contributed by atoms with Gasteiger partial charge in [0.2, 0.25) is 0 Å². The number of fused-ring (bicyclic) bond motifs is 1. The van der Waals surface area contributed by atoms with Crippen LogP contribution in [0.15, 0.2) is 18.3 Å². The number of aliphatic hydroxyl groups is 1. The Morgan fingerprint density at radius 1 is 1.50 bits per heavy atom. The maximum absolute atomic E-state index is 11.6. The van der Waals surface area contributed by atoms with Gasteiger partial charge in [0.25, 0.3) is 5.91 Å². The van der Waals surface area contributed by atoms with Crippen LogP contribution >= 0.6 is 0 Å². The second-order valence-corrected chi connectivity index (χ2v) is 5.92. The number of nitrogens with one attached hydrogen (secondary N) is 2. The van der Waals surface area contributed by atoms with E-state index in [1.807, 2.05) is 0 Å². The Labute approximate surface area is 128 Å². The molecule has 0 radical (unpaired) electrons. The predicted octanol–water partition coefficient (Wildman–Crippen LogP) is 1.16. The van der Waals surface area contributed by atoms with E-state index in [0.717, 1.165) is 0 Å². The standard InChI is InChI=1S/C15H19N3O4/c1-15(2,3)22-12(20)5-4-9-6-10-13(17-7-9)18-14(21)11(19)8-16-10/h4-7,11,16,19H,8H2,1-3H3,(H,17,18,21). The average Bonchev–Trinajstić information content (AvgIpc) is 2.55. The van der Waals surface area contributed by atoms with Gasteiger partial charge in [-0.15, -0.1) is 0 Å². The Morgan fingerprint density at radius 3 is 2.91 bits per heavy atom. The molecule has 3 N–H and O–H groups in total. The van der Waals surface area contributed by atoms with Crippen LogP contribution in [0.1, 0.15) is 26.3 Å². The van der Waals surface area contributed by atoms with Gasteiger partial charge < -0.3 is 20.5 Å². The third kappa shape index (κ3) is 4.29. The first-order valence-corrected chi connectivity index (χ1v) is 6.88. The van der Waals surface area contributed by atoms with Crippen LogP contribution in [0.25, 0.3) is 6.08 Å². The highest BCUT2D eigenvalue weighted by molar-refractivity contribution is 5.97. The molecule has 1 unspecified atom stereocenters. The molecule has 0 saturated carbocycles. The number of pyridine rings is 1. The molecule has 1 atom stereocenters. The van der Waals surface area contributed by atoms with Crippen LogP contribution in [0.3, 0.4) is 0 Å². The van der Waals surface area contributed by atoms with Gasteiger partial charge in [-0.1, -0.05) is 0 Å². The Morgan fingerprint density at radius 2 is 2.23 bits per heavy atom. The van der Waals surface area contributed by atoms with Gasteiger partial charge in [-0.3, -0.25) is 4.79 Å². The number of aliphatic hydroxyl groups excluding tert-OH is 1. The maximum Gasteiger partial charge on any atom is 0.331 e. The molecule has 7 heteroatoms. The van der Waals surface area contributed by atoms with Gasteiger partial charge in [0, 0.05) is 18.8 Å². The number of rotatable bonds is 2. The molecule has 1 amide bonds. The van der Waals surface area contributed by atoms with E-state index in [1.54, 1.807) is 32.9 Å². The number of anilines is 2. The minimum Gasteiger partial charge on any atom is -0.457 e. The minimum absolute atomic E-state index is 0.0970. The molecule has 0 bridgehead atoms. The molecule has 2 rings (SSSR count). The first-order chi connectivity index (χ1) is 10.2. The predicted molar refractivity (Wildman–Crippen MR) is 82.2 cm³/mol. The topological polar surface area (TPSA) is 101 Å². The lowest BCUT2D eigenvalue weighted by Crippen LogP contribution is -2.30. The van der Waals surface area contributed by atoms with Crippen molar-refractivity contribution < 1.29 is 19.4 Å². The minimum atomic E-state index is -1.13. The van der Waals surface area contributed by atoms with Crippen molar-refractivity contribution in [1.29, 1.82) is 0 Å². The fourth-order valence-electron chi connectivity index (χ4n) is 1.81. The maximum atomic E-state index is 11.6. The zero-order valence-corrected chi connectivity index (χ0v) is 12.7. The van der Waals surface area contributed by atoms with Crippen LogP contribution in [0.5, 0.6) is 0 Å². The van der Waals surface area contributed by atoms with E-state index in [4.69, 9.17) is 4.74 Å².